The first-order valence-electron chi connectivity index (χ1n) is 6.78. The molecule has 0 aromatic heterocycles. The van der Waals surface area contributed by atoms with Gasteiger partial charge >= 0.3 is 0 Å². The number of benzene rings is 1. The maximum atomic E-state index is 11.6. The molecule has 1 aromatic carbocycles. The zero-order valence-corrected chi connectivity index (χ0v) is 11.5. The fraction of sp³-hybridized carbons (Fsp3) is 0.533. The predicted molar refractivity (Wildman–Crippen MR) is 74.7 cm³/mol. The molecule has 2 rings (SSSR count). The van der Waals surface area contributed by atoms with Gasteiger partial charge in [-0.2, -0.15) is 0 Å². The van der Waals surface area contributed by atoms with Gasteiger partial charge in [0.15, 0.2) is 5.78 Å². The van der Waals surface area contributed by atoms with Crippen LogP contribution in [0.1, 0.15) is 30.6 Å². The maximum Gasteiger partial charge on any atom is 0.162 e. The number of hydrogen-bond donors (Lipinski definition) is 1. The standard InChI is InChI=1S/C15H21NO3/c1-3-15(18)12-4-6-13(7-5-12)16-8-11(2)19-14(9-16)10-17/h4-7,11,14,17H,3,8-10H2,1-2H3. The minimum Gasteiger partial charge on any atom is -0.394 e. The minimum absolute atomic E-state index is 0.0350. The number of aliphatic hydroxyl groups is 1. The summed E-state index contributed by atoms with van der Waals surface area (Å²) in [4.78, 5) is 13.8. The summed E-state index contributed by atoms with van der Waals surface area (Å²) in [5, 5.41) is 9.23. The number of ketones is 1. The molecule has 4 heteroatoms. The van der Waals surface area contributed by atoms with Crippen molar-refractivity contribution < 1.29 is 14.6 Å². The predicted octanol–water partition coefficient (Wildman–Crippen LogP) is 1.87. The summed E-state index contributed by atoms with van der Waals surface area (Å²) < 4.78 is 5.62. The molecule has 0 amide bonds. The largest absolute Gasteiger partial charge is 0.394 e. The zero-order valence-electron chi connectivity index (χ0n) is 11.5. The van der Waals surface area contributed by atoms with Crippen molar-refractivity contribution in [2.75, 3.05) is 24.6 Å². The van der Waals surface area contributed by atoms with Gasteiger partial charge in [0.05, 0.1) is 18.8 Å². The molecular formula is C15H21NO3. The van der Waals surface area contributed by atoms with E-state index in [1.54, 1.807) is 0 Å². The molecule has 1 aliphatic heterocycles. The second-order valence-corrected chi connectivity index (χ2v) is 4.98. The van der Waals surface area contributed by atoms with Crippen LogP contribution in [0.3, 0.4) is 0 Å². The molecular weight excluding hydrogens is 242 g/mol. The summed E-state index contributed by atoms with van der Waals surface area (Å²) in [6.45, 7) is 5.39. The highest BCUT2D eigenvalue weighted by Crippen LogP contribution is 2.21. The van der Waals surface area contributed by atoms with Gasteiger partial charge in [-0.1, -0.05) is 6.92 Å². The molecule has 0 aliphatic carbocycles. The highest BCUT2D eigenvalue weighted by molar-refractivity contribution is 5.96. The van der Waals surface area contributed by atoms with Crippen LogP contribution in [0.4, 0.5) is 5.69 Å². The third-order valence-corrected chi connectivity index (χ3v) is 3.41. The molecule has 4 nitrogen and oxygen atoms in total. The Kier molecular flexibility index (Phi) is 4.56. The summed E-state index contributed by atoms with van der Waals surface area (Å²) >= 11 is 0. The molecule has 0 radical (unpaired) electrons. The molecule has 1 heterocycles. The van der Waals surface area contributed by atoms with Crippen LogP contribution < -0.4 is 4.90 Å². The van der Waals surface area contributed by atoms with E-state index < -0.39 is 0 Å². The summed E-state index contributed by atoms with van der Waals surface area (Å²) in [5.74, 6) is 0.162. The molecule has 1 fully saturated rings. The smallest absolute Gasteiger partial charge is 0.162 e. The van der Waals surface area contributed by atoms with Gasteiger partial charge in [-0.15, -0.1) is 0 Å². The van der Waals surface area contributed by atoms with Gasteiger partial charge in [0.1, 0.15) is 0 Å². The van der Waals surface area contributed by atoms with Crippen molar-refractivity contribution in [2.45, 2.75) is 32.5 Å². The molecule has 1 N–H and O–H groups in total. The summed E-state index contributed by atoms with van der Waals surface area (Å²) in [5.41, 5.74) is 1.83. The van der Waals surface area contributed by atoms with E-state index >= 15 is 0 Å². The lowest BCUT2D eigenvalue weighted by atomic mass is 10.1. The van der Waals surface area contributed by atoms with Gasteiger partial charge in [0.2, 0.25) is 0 Å². The van der Waals surface area contributed by atoms with Crippen molar-refractivity contribution in [3.8, 4) is 0 Å². The van der Waals surface area contributed by atoms with E-state index in [2.05, 4.69) is 4.90 Å². The molecule has 0 saturated carbocycles. The number of anilines is 1. The maximum absolute atomic E-state index is 11.6. The third-order valence-electron chi connectivity index (χ3n) is 3.41. The molecule has 1 aromatic rings. The van der Waals surface area contributed by atoms with E-state index in [0.29, 0.717) is 13.0 Å². The molecule has 0 spiro atoms. The van der Waals surface area contributed by atoms with E-state index in [9.17, 15) is 9.90 Å². The Morgan fingerprint density at radius 1 is 1.37 bits per heavy atom. The number of ether oxygens (including phenoxy) is 1. The molecule has 19 heavy (non-hydrogen) atoms. The number of aliphatic hydroxyl groups excluding tert-OH is 1. The molecule has 1 saturated heterocycles. The topological polar surface area (TPSA) is 49.8 Å². The number of rotatable bonds is 4. The molecule has 2 atom stereocenters. The summed E-state index contributed by atoms with van der Waals surface area (Å²) in [6, 6.07) is 7.68. The number of carbonyl (C=O) groups is 1. The second kappa shape index (κ2) is 6.17. The van der Waals surface area contributed by atoms with Crippen molar-refractivity contribution in [3.05, 3.63) is 29.8 Å². The minimum atomic E-state index is -0.138. The lowest BCUT2D eigenvalue weighted by Gasteiger charge is -2.37. The molecule has 2 unspecified atom stereocenters. The molecule has 1 aliphatic rings. The van der Waals surface area contributed by atoms with Crippen LogP contribution in [0.2, 0.25) is 0 Å². The Balaban J connectivity index is 2.11. The van der Waals surface area contributed by atoms with Crippen LogP contribution in [0, 0.1) is 0 Å². The van der Waals surface area contributed by atoms with Crippen molar-refractivity contribution in [1.82, 2.24) is 0 Å². The second-order valence-electron chi connectivity index (χ2n) is 4.98. The normalized spacial score (nSPS) is 23.4. The zero-order chi connectivity index (χ0) is 13.8. The van der Waals surface area contributed by atoms with E-state index in [4.69, 9.17) is 4.74 Å². The Morgan fingerprint density at radius 2 is 2.05 bits per heavy atom. The van der Waals surface area contributed by atoms with Gasteiger partial charge in [0.25, 0.3) is 0 Å². The van der Waals surface area contributed by atoms with Crippen molar-refractivity contribution in [1.29, 1.82) is 0 Å². The van der Waals surface area contributed by atoms with Gasteiger partial charge in [-0.25, -0.2) is 0 Å². The third kappa shape index (κ3) is 3.33. The van der Waals surface area contributed by atoms with Crippen LogP contribution in [-0.4, -0.2) is 42.8 Å². The fourth-order valence-corrected chi connectivity index (χ4v) is 2.42. The van der Waals surface area contributed by atoms with E-state index in [1.165, 1.54) is 0 Å². The quantitative estimate of drug-likeness (QED) is 0.842. The van der Waals surface area contributed by atoms with Gasteiger partial charge in [-0.05, 0) is 31.2 Å². The monoisotopic (exact) mass is 263 g/mol. The fourth-order valence-electron chi connectivity index (χ4n) is 2.42. The van der Waals surface area contributed by atoms with Crippen molar-refractivity contribution in [3.63, 3.8) is 0 Å². The first-order chi connectivity index (χ1) is 9.13. The van der Waals surface area contributed by atoms with Crippen LogP contribution >= 0.6 is 0 Å². The lowest BCUT2D eigenvalue weighted by Crippen LogP contribution is -2.48. The van der Waals surface area contributed by atoms with E-state index in [-0.39, 0.29) is 24.6 Å². The average molecular weight is 263 g/mol. The van der Waals surface area contributed by atoms with Crippen LogP contribution in [0.15, 0.2) is 24.3 Å². The van der Waals surface area contributed by atoms with Crippen LogP contribution in [0.5, 0.6) is 0 Å². The number of carbonyl (C=O) groups excluding carboxylic acids is 1. The van der Waals surface area contributed by atoms with E-state index in [0.717, 1.165) is 17.8 Å². The Labute approximate surface area is 114 Å². The number of Topliss-reactive ketones (excluding diaryl/α,β-unsaturated/α-hetero) is 1. The summed E-state index contributed by atoms with van der Waals surface area (Å²) in [7, 11) is 0. The SMILES string of the molecule is CCC(=O)c1ccc(N2CC(C)OC(CO)C2)cc1. The highest BCUT2D eigenvalue weighted by atomic mass is 16.5. The molecule has 104 valence electrons. The lowest BCUT2D eigenvalue weighted by molar-refractivity contribution is -0.0421. The molecule has 0 bridgehead atoms. The Morgan fingerprint density at radius 3 is 2.63 bits per heavy atom. The van der Waals surface area contributed by atoms with Crippen molar-refractivity contribution in [2.24, 2.45) is 0 Å². The van der Waals surface area contributed by atoms with Gasteiger partial charge in [-0.3, -0.25) is 4.79 Å². The van der Waals surface area contributed by atoms with E-state index in [1.807, 2.05) is 38.1 Å². The highest BCUT2D eigenvalue weighted by Gasteiger charge is 2.24. The number of morpholine rings is 1. The summed E-state index contributed by atoms with van der Waals surface area (Å²) in [6.07, 6.45) is 0.490. The Hall–Kier alpha value is -1.39. The Bertz CT molecular complexity index is 430. The van der Waals surface area contributed by atoms with Crippen molar-refractivity contribution >= 4 is 11.5 Å². The van der Waals surface area contributed by atoms with Gasteiger partial charge in [0, 0.05) is 30.8 Å². The first-order valence-corrected chi connectivity index (χ1v) is 6.78. The van der Waals surface area contributed by atoms with Crippen LogP contribution in [-0.2, 0) is 4.74 Å². The average Bonchev–Trinajstić information content (AvgIpc) is 2.46. The first kappa shape index (κ1) is 14.0. The van der Waals surface area contributed by atoms with Gasteiger partial charge < -0.3 is 14.7 Å². The van der Waals surface area contributed by atoms with Crippen LogP contribution in [0.25, 0.3) is 0 Å². The number of nitrogens with zero attached hydrogens (tertiary/aromatic N) is 1. The number of hydrogen-bond acceptors (Lipinski definition) is 4.